The Balaban J connectivity index is 1.72. The van der Waals surface area contributed by atoms with Crippen molar-refractivity contribution in [1.82, 2.24) is 4.57 Å². The van der Waals surface area contributed by atoms with Crippen molar-refractivity contribution < 1.29 is 44.9 Å². The summed E-state index contributed by atoms with van der Waals surface area (Å²) in [6.45, 7) is 5.78. The van der Waals surface area contributed by atoms with Gasteiger partial charge in [0.05, 0.1) is 21.5 Å². The molecule has 1 aliphatic rings. The lowest BCUT2D eigenvalue weighted by Gasteiger charge is -2.30. The topological polar surface area (TPSA) is 49.7 Å². The number of ether oxygens (including phenoxy) is 2. The molecule has 0 bridgehead atoms. The summed E-state index contributed by atoms with van der Waals surface area (Å²) in [6.07, 6.45) is -5.60. The molecule has 0 saturated heterocycles. The molecule has 5 aromatic carbocycles. The highest BCUT2D eigenvalue weighted by Gasteiger charge is 2.43. The van der Waals surface area contributed by atoms with Crippen LogP contribution in [0.15, 0.2) is 127 Å². The quantitative estimate of drug-likeness (QED) is 0.0983. The molecular formula is C38H26F6NO4P. The fraction of sp³-hybridized carbons (Fsp3) is 0.105. The summed E-state index contributed by atoms with van der Waals surface area (Å²) in [6, 6.07) is 23.0. The van der Waals surface area contributed by atoms with Crippen LogP contribution in [0.3, 0.4) is 0 Å². The Labute approximate surface area is 282 Å². The van der Waals surface area contributed by atoms with Gasteiger partial charge in [0.2, 0.25) is 0 Å². The fourth-order valence-electron chi connectivity index (χ4n) is 6.21. The first-order valence-electron chi connectivity index (χ1n) is 15.3. The van der Waals surface area contributed by atoms with Gasteiger partial charge in [0.25, 0.3) is 0 Å². The van der Waals surface area contributed by atoms with Crippen LogP contribution in [0, 0.1) is 0 Å². The Morgan fingerprint density at radius 3 is 2.00 bits per heavy atom. The molecule has 0 aliphatic carbocycles. The van der Waals surface area contributed by atoms with Crippen molar-refractivity contribution >= 4 is 39.8 Å². The normalized spacial score (nSPS) is 15.2. The number of benzene rings is 5. The van der Waals surface area contributed by atoms with Crippen molar-refractivity contribution in [1.29, 1.82) is 0 Å². The maximum atomic E-state index is 15.5. The average molecular weight is 706 g/mol. The fourth-order valence-corrected chi connectivity index (χ4v) is 8.61. The van der Waals surface area contributed by atoms with Gasteiger partial charge in [-0.3, -0.25) is 4.57 Å². The number of aromatic nitrogens is 1. The number of rotatable bonds is 6. The van der Waals surface area contributed by atoms with E-state index in [2.05, 4.69) is 0 Å². The van der Waals surface area contributed by atoms with E-state index in [1.54, 1.807) is 78.9 Å². The third kappa shape index (κ3) is 5.42. The van der Waals surface area contributed by atoms with Crippen molar-refractivity contribution in [2.45, 2.75) is 26.2 Å². The number of hydrogen-bond donors (Lipinski definition) is 0. The molecule has 6 aromatic rings. The number of halogens is 6. The molecule has 0 amide bonds. The number of hydrogen-bond acceptors (Lipinski definition) is 4. The number of nitrogens with zero attached hydrogens (tertiary/aromatic N) is 1. The Bertz CT molecular complexity index is 2440. The molecule has 1 atom stereocenters. The summed E-state index contributed by atoms with van der Waals surface area (Å²) in [7, 11) is -4.57. The lowest BCUT2D eigenvalue weighted by molar-refractivity contribution is 0.240. The first-order valence-corrected chi connectivity index (χ1v) is 16.9. The van der Waals surface area contributed by atoms with E-state index in [4.69, 9.17) is 14.0 Å². The first kappa shape index (κ1) is 33.1. The Morgan fingerprint density at radius 1 is 0.700 bits per heavy atom. The second-order valence-corrected chi connectivity index (χ2v) is 14.8. The van der Waals surface area contributed by atoms with Crippen molar-refractivity contribution in [2.75, 3.05) is 0 Å². The highest BCUT2D eigenvalue weighted by atomic mass is 31.2. The van der Waals surface area contributed by atoms with Crippen LogP contribution in [-0.4, -0.2) is 4.57 Å². The third-order valence-electron chi connectivity index (χ3n) is 8.44. The highest BCUT2D eigenvalue weighted by molar-refractivity contribution is 7.75. The summed E-state index contributed by atoms with van der Waals surface area (Å²) < 4.78 is 119. The molecule has 5 nitrogen and oxygen atoms in total. The zero-order valence-corrected chi connectivity index (χ0v) is 27.5. The maximum absolute atomic E-state index is 15.5. The molecule has 1 aromatic heterocycles. The number of fused-ring (bicyclic) bond motifs is 6. The second-order valence-electron chi connectivity index (χ2n) is 12.5. The van der Waals surface area contributed by atoms with Gasteiger partial charge in [-0.25, -0.2) is 0 Å². The van der Waals surface area contributed by atoms with E-state index >= 15 is 8.96 Å². The molecule has 2 heterocycles. The van der Waals surface area contributed by atoms with Gasteiger partial charge in [-0.15, -0.1) is 0 Å². The predicted molar refractivity (Wildman–Crippen MR) is 181 cm³/mol. The molecule has 254 valence electrons. The second kappa shape index (κ2) is 12.2. The standard InChI is InChI=1S/C38H26F6NO4P/c1-38(2,3)21-17-18-26-25(19-21)31-32(45(26)22-11-5-4-6-12-22)28(47-36(43)34(39)40)20-30(33(31)48-37(44)35(41)42)50(46)29-16-10-8-14-24(29)23-13-7-9-15-27(23)49-50/h4-20H,1-3H3. The van der Waals surface area contributed by atoms with E-state index in [0.29, 0.717) is 22.3 Å². The molecule has 0 saturated carbocycles. The molecule has 50 heavy (non-hydrogen) atoms. The maximum Gasteiger partial charge on any atom is 0.344 e. The Kier molecular flexibility index (Phi) is 8.06. The average Bonchev–Trinajstić information content (AvgIpc) is 3.44. The van der Waals surface area contributed by atoms with Gasteiger partial charge in [-0.2, -0.15) is 26.3 Å². The smallest absolute Gasteiger partial charge is 0.344 e. The zero-order valence-electron chi connectivity index (χ0n) is 26.6. The van der Waals surface area contributed by atoms with Gasteiger partial charge in [-0.1, -0.05) is 81.4 Å². The van der Waals surface area contributed by atoms with Crippen molar-refractivity contribution in [3.05, 3.63) is 133 Å². The minimum atomic E-state index is -4.57. The summed E-state index contributed by atoms with van der Waals surface area (Å²) in [5.41, 5.74) is 1.91. The van der Waals surface area contributed by atoms with Gasteiger partial charge in [0.1, 0.15) is 11.3 Å². The summed E-state index contributed by atoms with van der Waals surface area (Å²) in [5.74, 6) is -1.12. The van der Waals surface area contributed by atoms with Crippen LogP contribution in [0.5, 0.6) is 17.2 Å². The minimum absolute atomic E-state index is 0.0776. The van der Waals surface area contributed by atoms with Crippen LogP contribution >= 0.6 is 7.37 Å². The molecule has 0 fully saturated rings. The first-order chi connectivity index (χ1) is 23.8. The van der Waals surface area contributed by atoms with E-state index in [1.807, 2.05) is 26.8 Å². The van der Waals surface area contributed by atoms with Gasteiger partial charge < -0.3 is 18.6 Å². The van der Waals surface area contributed by atoms with Crippen LogP contribution in [0.2, 0.25) is 0 Å². The van der Waals surface area contributed by atoms with Gasteiger partial charge in [0.15, 0.2) is 11.5 Å². The van der Waals surface area contributed by atoms with Crippen LogP contribution in [0.25, 0.3) is 38.6 Å². The van der Waals surface area contributed by atoms with E-state index in [1.165, 1.54) is 16.7 Å². The summed E-state index contributed by atoms with van der Waals surface area (Å²) in [5, 5.41) is -0.360. The molecule has 1 unspecified atom stereocenters. The molecule has 0 radical (unpaired) electrons. The largest absolute Gasteiger partial charge is 0.436 e. The van der Waals surface area contributed by atoms with Gasteiger partial charge >= 0.3 is 31.6 Å². The molecule has 0 spiro atoms. The van der Waals surface area contributed by atoms with Crippen molar-refractivity contribution in [3.63, 3.8) is 0 Å². The van der Waals surface area contributed by atoms with Crippen LogP contribution in [0.1, 0.15) is 26.3 Å². The van der Waals surface area contributed by atoms with Crippen LogP contribution in [-0.2, 0) is 9.98 Å². The zero-order chi connectivity index (χ0) is 35.5. The lowest BCUT2D eigenvalue weighted by atomic mass is 9.86. The summed E-state index contributed by atoms with van der Waals surface area (Å²) >= 11 is 0. The third-order valence-corrected chi connectivity index (χ3v) is 10.9. The van der Waals surface area contributed by atoms with E-state index in [0.717, 1.165) is 11.6 Å². The molecule has 7 rings (SSSR count). The highest BCUT2D eigenvalue weighted by Crippen LogP contribution is 2.58. The Morgan fingerprint density at radius 2 is 1.32 bits per heavy atom. The molecular weight excluding hydrogens is 679 g/mol. The van der Waals surface area contributed by atoms with E-state index in [-0.39, 0.29) is 27.3 Å². The van der Waals surface area contributed by atoms with Gasteiger partial charge in [-0.05, 0) is 52.9 Å². The predicted octanol–water partition coefficient (Wildman–Crippen LogP) is 11.2. The molecule has 1 aliphatic heterocycles. The van der Waals surface area contributed by atoms with Crippen molar-refractivity contribution in [3.8, 4) is 34.1 Å². The summed E-state index contributed by atoms with van der Waals surface area (Å²) in [4.78, 5) is 0. The Hall–Kier alpha value is -5.41. The molecule has 0 N–H and O–H groups in total. The molecule has 12 heteroatoms. The van der Waals surface area contributed by atoms with E-state index in [9.17, 15) is 22.0 Å². The lowest BCUT2D eigenvalue weighted by Crippen LogP contribution is -2.26. The van der Waals surface area contributed by atoms with Crippen LogP contribution < -0.4 is 24.6 Å². The number of para-hydroxylation sites is 2. The SMILES string of the molecule is CC(C)(C)c1ccc2c(c1)c1c(OC(F)=C(F)F)c(P3(=O)Oc4ccccc4-c4ccccc43)cc(OC(F)=C(F)F)c1n2-c1ccccc1. The van der Waals surface area contributed by atoms with Crippen LogP contribution in [0.4, 0.5) is 26.3 Å². The van der Waals surface area contributed by atoms with Crippen molar-refractivity contribution in [2.24, 2.45) is 0 Å². The monoisotopic (exact) mass is 705 g/mol. The van der Waals surface area contributed by atoms with Gasteiger partial charge in [0, 0.05) is 22.7 Å². The van der Waals surface area contributed by atoms with E-state index < -0.39 is 53.8 Å². The minimum Gasteiger partial charge on any atom is -0.436 e.